The molecule has 0 saturated heterocycles. The molecule has 0 radical (unpaired) electrons. The third-order valence-corrected chi connectivity index (χ3v) is 6.65. The molecule has 1 N–H and O–H groups in total. The van der Waals surface area contributed by atoms with E-state index in [1.54, 1.807) is 4.88 Å². The number of hydrogen-bond acceptors (Lipinski definition) is 3. The van der Waals surface area contributed by atoms with Crippen LogP contribution in [-0.4, -0.2) is 11.5 Å². The van der Waals surface area contributed by atoms with Gasteiger partial charge >= 0.3 is 0 Å². The molecule has 0 aliphatic heterocycles. The van der Waals surface area contributed by atoms with Gasteiger partial charge < -0.3 is 5.32 Å². The summed E-state index contributed by atoms with van der Waals surface area (Å²) in [6.07, 6.45) is 12.1. The monoisotopic (exact) mass is 292 g/mol. The number of aromatic nitrogens is 1. The molecule has 2 aliphatic rings. The van der Waals surface area contributed by atoms with Gasteiger partial charge in [0.05, 0.1) is 11.2 Å². The maximum absolute atomic E-state index is 5.07. The van der Waals surface area contributed by atoms with E-state index in [-0.39, 0.29) is 5.54 Å². The minimum Gasteiger partial charge on any atom is -0.306 e. The van der Waals surface area contributed by atoms with E-state index >= 15 is 0 Å². The molecule has 3 rings (SSSR count). The van der Waals surface area contributed by atoms with Crippen molar-refractivity contribution in [3.63, 3.8) is 0 Å². The van der Waals surface area contributed by atoms with Crippen molar-refractivity contribution in [2.24, 2.45) is 5.92 Å². The van der Waals surface area contributed by atoms with Gasteiger partial charge in [-0.25, -0.2) is 4.98 Å². The predicted molar refractivity (Wildman–Crippen MR) is 86.4 cm³/mol. The van der Waals surface area contributed by atoms with Crippen LogP contribution >= 0.6 is 11.3 Å². The average molecular weight is 292 g/mol. The Labute approximate surface area is 127 Å². The van der Waals surface area contributed by atoms with Gasteiger partial charge in [0.1, 0.15) is 5.01 Å². The summed E-state index contributed by atoms with van der Waals surface area (Å²) in [6, 6.07) is 0. The van der Waals surface area contributed by atoms with E-state index in [4.69, 9.17) is 4.98 Å². The van der Waals surface area contributed by atoms with Crippen LogP contribution < -0.4 is 5.32 Å². The molecule has 1 heterocycles. The summed E-state index contributed by atoms with van der Waals surface area (Å²) in [5, 5.41) is 5.18. The van der Waals surface area contributed by atoms with E-state index in [1.807, 2.05) is 11.3 Å². The van der Waals surface area contributed by atoms with Crippen LogP contribution in [0.5, 0.6) is 0 Å². The molecule has 1 aromatic rings. The van der Waals surface area contributed by atoms with Gasteiger partial charge in [-0.3, -0.25) is 0 Å². The van der Waals surface area contributed by atoms with Crippen LogP contribution in [0, 0.1) is 5.92 Å². The summed E-state index contributed by atoms with van der Waals surface area (Å²) < 4.78 is 0. The fourth-order valence-corrected chi connectivity index (χ4v) is 5.37. The molecule has 0 spiro atoms. The Bertz CT molecular complexity index is 424. The topological polar surface area (TPSA) is 24.9 Å². The first-order chi connectivity index (χ1) is 9.74. The molecular weight excluding hydrogens is 264 g/mol. The Morgan fingerprint density at radius 2 is 1.90 bits per heavy atom. The van der Waals surface area contributed by atoms with Gasteiger partial charge in [0.2, 0.25) is 0 Å². The van der Waals surface area contributed by atoms with Crippen molar-refractivity contribution in [2.75, 3.05) is 6.54 Å². The van der Waals surface area contributed by atoms with Crippen molar-refractivity contribution >= 4 is 11.3 Å². The summed E-state index contributed by atoms with van der Waals surface area (Å²) in [4.78, 5) is 6.65. The first kappa shape index (κ1) is 14.5. The minimum atomic E-state index is 0.108. The highest BCUT2D eigenvalue weighted by Crippen LogP contribution is 2.42. The average Bonchev–Trinajstić information content (AvgIpc) is 2.93. The molecule has 1 saturated carbocycles. The normalized spacial score (nSPS) is 23.3. The van der Waals surface area contributed by atoms with E-state index in [0.717, 1.165) is 12.5 Å². The van der Waals surface area contributed by atoms with Crippen LogP contribution in [-0.2, 0) is 18.4 Å². The highest BCUT2D eigenvalue weighted by molar-refractivity contribution is 7.11. The molecule has 2 nitrogen and oxygen atoms in total. The van der Waals surface area contributed by atoms with Crippen molar-refractivity contribution in [2.45, 2.75) is 77.2 Å². The molecule has 2 aliphatic carbocycles. The van der Waals surface area contributed by atoms with Crippen LogP contribution in [0.25, 0.3) is 0 Å². The smallest absolute Gasteiger partial charge is 0.113 e. The predicted octanol–water partition coefficient (Wildman–Crippen LogP) is 4.43. The van der Waals surface area contributed by atoms with Crippen LogP contribution in [0.4, 0.5) is 0 Å². The highest BCUT2D eigenvalue weighted by atomic mass is 32.1. The number of nitrogens with one attached hydrogen (secondary N) is 1. The van der Waals surface area contributed by atoms with Crippen LogP contribution in [0.15, 0.2) is 0 Å². The first-order valence-electron chi connectivity index (χ1n) is 8.48. The molecule has 1 unspecified atom stereocenters. The van der Waals surface area contributed by atoms with Crippen molar-refractivity contribution in [1.29, 1.82) is 0 Å². The molecule has 0 bridgehead atoms. The molecule has 112 valence electrons. The van der Waals surface area contributed by atoms with Crippen molar-refractivity contribution in [3.05, 3.63) is 15.6 Å². The lowest BCUT2D eigenvalue weighted by molar-refractivity contribution is 0.179. The molecule has 3 heteroatoms. The Hall–Kier alpha value is -0.410. The molecular formula is C17H28N2S. The summed E-state index contributed by atoms with van der Waals surface area (Å²) in [6.45, 7) is 5.68. The van der Waals surface area contributed by atoms with Gasteiger partial charge in [0.25, 0.3) is 0 Å². The van der Waals surface area contributed by atoms with Gasteiger partial charge in [-0.1, -0.05) is 26.2 Å². The molecule has 1 aromatic heterocycles. The maximum Gasteiger partial charge on any atom is 0.113 e. The number of hydrogen-bond donors (Lipinski definition) is 1. The van der Waals surface area contributed by atoms with Crippen molar-refractivity contribution in [3.8, 4) is 0 Å². The van der Waals surface area contributed by atoms with Crippen molar-refractivity contribution < 1.29 is 0 Å². The maximum atomic E-state index is 5.07. The van der Waals surface area contributed by atoms with E-state index in [1.165, 1.54) is 68.5 Å². The van der Waals surface area contributed by atoms with Crippen LogP contribution in [0.1, 0.15) is 74.4 Å². The zero-order valence-electron chi connectivity index (χ0n) is 13.0. The number of nitrogens with zero attached hydrogens (tertiary/aromatic N) is 1. The fourth-order valence-electron chi connectivity index (χ4n) is 4.02. The number of aryl methyl sites for hydroxylation is 2. The van der Waals surface area contributed by atoms with Gasteiger partial charge in [-0.15, -0.1) is 11.3 Å². The first-order valence-corrected chi connectivity index (χ1v) is 9.29. The SMILES string of the molecule is CCNC(C)(c1nc2c(s1)CCCC2)C1CCCCC1. The Morgan fingerprint density at radius 1 is 1.15 bits per heavy atom. The van der Waals surface area contributed by atoms with Crippen LogP contribution in [0.2, 0.25) is 0 Å². The number of rotatable bonds is 4. The molecule has 1 fully saturated rings. The lowest BCUT2D eigenvalue weighted by Crippen LogP contribution is -2.46. The Kier molecular flexibility index (Phi) is 4.46. The second kappa shape index (κ2) is 6.15. The van der Waals surface area contributed by atoms with E-state index < -0.39 is 0 Å². The summed E-state index contributed by atoms with van der Waals surface area (Å²) >= 11 is 2.00. The van der Waals surface area contributed by atoms with E-state index in [9.17, 15) is 0 Å². The number of fused-ring (bicyclic) bond motifs is 1. The molecule has 0 amide bonds. The number of thiazole rings is 1. The third kappa shape index (κ3) is 2.67. The third-order valence-electron chi connectivity index (χ3n) is 5.26. The second-order valence-electron chi connectivity index (χ2n) is 6.66. The zero-order valence-corrected chi connectivity index (χ0v) is 13.8. The van der Waals surface area contributed by atoms with Gasteiger partial charge in [0.15, 0.2) is 0 Å². The minimum absolute atomic E-state index is 0.108. The quantitative estimate of drug-likeness (QED) is 0.888. The van der Waals surface area contributed by atoms with Crippen LogP contribution in [0.3, 0.4) is 0 Å². The zero-order chi connectivity index (χ0) is 14.0. The summed E-state index contributed by atoms with van der Waals surface area (Å²) in [7, 11) is 0. The van der Waals surface area contributed by atoms with Gasteiger partial charge in [-0.05, 0) is 57.9 Å². The highest BCUT2D eigenvalue weighted by Gasteiger charge is 2.39. The van der Waals surface area contributed by atoms with E-state index in [0.29, 0.717) is 0 Å². The standard InChI is InChI=1S/C17H28N2S/c1-3-18-17(2,13-9-5-4-6-10-13)16-19-14-11-7-8-12-15(14)20-16/h13,18H,3-12H2,1-2H3. The fraction of sp³-hybridized carbons (Fsp3) is 0.824. The van der Waals surface area contributed by atoms with Crippen molar-refractivity contribution in [1.82, 2.24) is 10.3 Å². The molecule has 20 heavy (non-hydrogen) atoms. The second-order valence-corrected chi connectivity index (χ2v) is 7.75. The summed E-state index contributed by atoms with van der Waals surface area (Å²) in [5.74, 6) is 0.767. The largest absolute Gasteiger partial charge is 0.306 e. The Morgan fingerprint density at radius 3 is 2.60 bits per heavy atom. The Balaban J connectivity index is 1.90. The van der Waals surface area contributed by atoms with Gasteiger partial charge in [0, 0.05) is 4.88 Å². The lowest BCUT2D eigenvalue weighted by atomic mass is 9.76. The molecule has 0 aromatic carbocycles. The van der Waals surface area contributed by atoms with E-state index in [2.05, 4.69) is 19.2 Å². The molecule has 1 atom stereocenters. The lowest BCUT2D eigenvalue weighted by Gasteiger charge is -2.39. The van der Waals surface area contributed by atoms with Gasteiger partial charge in [-0.2, -0.15) is 0 Å². The summed E-state index contributed by atoms with van der Waals surface area (Å²) in [5.41, 5.74) is 1.52.